The highest BCUT2D eigenvalue weighted by molar-refractivity contribution is 5.34. The summed E-state index contributed by atoms with van der Waals surface area (Å²) in [4.78, 5) is 12.8. The van der Waals surface area contributed by atoms with Crippen LogP contribution in [0.2, 0.25) is 0 Å². The molecule has 0 spiro atoms. The predicted molar refractivity (Wildman–Crippen MR) is 67.1 cm³/mol. The van der Waals surface area contributed by atoms with Crippen LogP contribution in [0.15, 0.2) is 24.3 Å². The summed E-state index contributed by atoms with van der Waals surface area (Å²) in [6, 6.07) is 6.97. The lowest BCUT2D eigenvalue weighted by Gasteiger charge is -2.26. The topological polar surface area (TPSA) is 46.4 Å². The van der Waals surface area contributed by atoms with Crippen molar-refractivity contribution in [3.05, 3.63) is 39.9 Å². The maximum absolute atomic E-state index is 10.7. The summed E-state index contributed by atoms with van der Waals surface area (Å²) < 4.78 is 0. The Bertz CT molecular complexity index is 387. The average Bonchev–Trinajstić information content (AvgIpc) is 2.38. The average molecular weight is 234 g/mol. The van der Waals surface area contributed by atoms with Crippen molar-refractivity contribution in [2.45, 2.75) is 25.7 Å². The van der Waals surface area contributed by atoms with Gasteiger partial charge in [0.05, 0.1) is 4.92 Å². The Morgan fingerprint density at radius 1 is 1.24 bits per heavy atom. The zero-order valence-corrected chi connectivity index (χ0v) is 9.97. The SMILES string of the molecule is O=[N+]([O-])c1cccc(CCN2CCCCC2)c1. The number of hydrogen-bond donors (Lipinski definition) is 0. The molecule has 2 rings (SSSR count). The maximum Gasteiger partial charge on any atom is 0.269 e. The van der Waals surface area contributed by atoms with Gasteiger partial charge in [-0.05, 0) is 37.9 Å². The molecule has 0 unspecified atom stereocenters. The van der Waals surface area contributed by atoms with E-state index in [1.807, 2.05) is 6.07 Å². The normalized spacial score (nSPS) is 16.9. The van der Waals surface area contributed by atoms with Gasteiger partial charge in [0.25, 0.3) is 5.69 Å². The highest BCUT2D eigenvalue weighted by Gasteiger charge is 2.10. The fraction of sp³-hybridized carbons (Fsp3) is 0.538. The predicted octanol–water partition coefficient (Wildman–Crippen LogP) is 2.62. The third-order valence-electron chi connectivity index (χ3n) is 3.29. The van der Waals surface area contributed by atoms with Crippen molar-refractivity contribution < 1.29 is 4.92 Å². The number of benzene rings is 1. The molecule has 0 atom stereocenters. The lowest BCUT2D eigenvalue weighted by atomic mass is 10.1. The molecule has 0 N–H and O–H groups in total. The second kappa shape index (κ2) is 5.77. The molecule has 1 aliphatic heterocycles. The first-order chi connectivity index (χ1) is 8.25. The Labute approximate surface area is 101 Å². The van der Waals surface area contributed by atoms with Gasteiger partial charge in [-0.2, -0.15) is 0 Å². The highest BCUT2D eigenvalue weighted by Crippen LogP contribution is 2.15. The summed E-state index contributed by atoms with van der Waals surface area (Å²) in [5.41, 5.74) is 1.26. The number of non-ortho nitro benzene ring substituents is 1. The van der Waals surface area contributed by atoms with E-state index in [9.17, 15) is 10.1 Å². The van der Waals surface area contributed by atoms with Gasteiger partial charge in [-0.3, -0.25) is 10.1 Å². The molecule has 1 aromatic rings. The van der Waals surface area contributed by atoms with Crippen LogP contribution in [-0.4, -0.2) is 29.5 Å². The summed E-state index contributed by atoms with van der Waals surface area (Å²) in [5.74, 6) is 0. The molecule has 1 saturated heterocycles. The quantitative estimate of drug-likeness (QED) is 0.594. The number of nitrogens with zero attached hydrogens (tertiary/aromatic N) is 2. The fourth-order valence-electron chi connectivity index (χ4n) is 2.30. The van der Waals surface area contributed by atoms with Gasteiger partial charge >= 0.3 is 0 Å². The van der Waals surface area contributed by atoms with Gasteiger partial charge in [0.1, 0.15) is 0 Å². The van der Waals surface area contributed by atoms with E-state index in [0.717, 1.165) is 18.5 Å². The van der Waals surface area contributed by atoms with E-state index < -0.39 is 0 Å². The van der Waals surface area contributed by atoms with Crippen molar-refractivity contribution in [2.75, 3.05) is 19.6 Å². The summed E-state index contributed by atoms with van der Waals surface area (Å²) in [5, 5.41) is 10.7. The molecule has 4 nitrogen and oxygen atoms in total. The third kappa shape index (κ3) is 3.53. The second-order valence-electron chi connectivity index (χ2n) is 4.58. The van der Waals surface area contributed by atoms with Gasteiger partial charge in [-0.1, -0.05) is 18.6 Å². The summed E-state index contributed by atoms with van der Waals surface area (Å²) >= 11 is 0. The first-order valence-corrected chi connectivity index (χ1v) is 6.21. The summed E-state index contributed by atoms with van der Waals surface area (Å²) in [7, 11) is 0. The van der Waals surface area contributed by atoms with Gasteiger partial charge in [-0.25, -0.2) is 0 Å². The molecular formula is C13H18N2O2. The molecule has 0 saturated carbocycles. The molecule has 0 amide bonds. The zero-order valence-electron chi connectivity index (χ0n) is 9.97. The van der Waals surface area contributed by atoms with Crippen LogP contribution in [-0.2, 0) is 6.42 Å². The van der Waals surface area contributed by atoms with Crippen LogP contribution in [0.5, 0.6) is 0 Å². The largest absolute Gasteiger partial charge is 0.303 e. The number of hydrogen-bond acceptors (Lipinski definition) is 3. The van der Waals surface area contributed by atoms with Crippen molar-refractivity contribution in [3.8, 4) is 0 Å². The van der Waals surface area contributed by atoms with Crippen LogP contribution >= 0.6 is 0 Å². The first-order valence-electron chi connectivity index (χ1n) is 6.21. The Morgan fingerprint density at radius 3 is 2.71 bits per heavy atom. The van der Waals surface area contributed by atoms with E-state index in [1.54, 1.807) is 18.2 Å². The van der Waals surface area contributed by atoms with Crippen molar-refractivity contribution in [3.63, 3.8) is 0 Å². The molecular weight excluding hydrogens is 216 g/mol. The van der Waals surface area contributed by atoms with E-state index in [0.29, 0.717) is 0 Å². The lowest BCUT2D eigenvalue weighted by Crippen LogP contribution is -2.31. The Balaban J connectivity index is 1.89. The standard InChI is InChI=1S/C13H18N2O2/c16-15(17)13-6-4-5-12(11-13)7-10-14-8-2-1-3-9-14/h4-6,11H,1-3,7-10H2. The van der Waals surface area contributed by atoms with Gasteiger partial charge in [0.15, 0.2) is 0 Å². The van der Waals surface area contributed by atoms with Crippen molar-refractivity contribution in [1.82, 2.24) is 4.90 Å². The highest BCUT2D eigenvalue weighted by atomic mass is 16.6. The minimum Gasteiger partial charge on any atom is -0.303 e. The van der Waals surface area contributed by atoms with E-state index in [2.05, 4.69) is 4.90 Å². The smallest absolute Gasteiger partial charge is 0.269 e. The molecule has 4 heteroatoms. The van der Waals surface area contributed by atoms with Crippen LogP contribution in [0.3, 0.4) is 0 Å². The molecule has 1 fully saturated rings. The minimum atomic E-state index is -0.329. The number of likely N-dealkylation sites (tertiary alicyclic amines) is 1. The second-order valence-corrected chi connectivity index (χ2v) is 4.58. The molecule has 92 valence electrons. The van der Waals surface area contributed by atoms with Crippen molar-refractivity contribution in [2.24, 2.45) is 0 Å². The molecule has 0 radical (unpaired) electrons. The van der Waals surface area contributed by atoms with Crippen LogP contribution in [0.25, 0.3) is 0 Å². The van der Waals surface area contributed by atoms with E-state index >= 15 is 0 Å². The molecule has 1 heterocycles. The van der Waals surface area contributed by atoms with Crippen LogP contribution < -0.4 is 0 Å². The molecule has 0 bridgehead atoms. The van der Waals surface area contributed by atoms with Gasteiger partial charge in [-0.15, -0.1) is 0 Å². The van der Waals surface area contributed by atoms with Crippen LogP contribution in [0.1, 0.15) is 24.8 Å². The Kier molecular flexibility index (Phi) is 4.09. The monoisotopic (exact) mass is 234 g/mol. The number of nitro benzene ring substituents is 1. The number of nitro groups is 1. The van der Waals surface area contributed by atoms with Gasteiger partial charge in [0, 0.05) is 18.7 Å². The van der Waals surface area contributed by atoms with E-state index in [4.69, 9.17) is 0 Å². The van der Waals surface area contributed by atoms with E-state index in [1.165, 1.54) is 32.4 Å². The van der Waals surface area contributed by atoms with Crippen LogP contribution in [0, 0.1) is 10.1 Å². The fourth-order valence-corrected chi connectivity index (χ4v) is 2.30. The van der Waals surface area contributed by atoms with Gasteiger partial charge < -0.3 is 4.90 Å². The Hall–Kier alpha value is -1.42. The molecule has 1 aliphatic rings. The number of rotatable bonds is 4. The third-order valence-corrected chi connectivity index (χ3v) is 3.29. The number of piperidine rings is 1. The maximum atomic E-state index is 10.7. The Morgan fingerprint density at radius 2 is 2.00 bits per heavy atom. The molecule has 0 aromatic heterocycles. The van der Waals surface area contributed by atoms with Crippen LogP contribution in [0.4, 0.5) is 5.69 Å². The minimum absolute atomic E-state index is 0.196. The molecule has 17 heavy (non-hydrogen) atoms. The van der Waals surface area contributed by atoms with E-state index in [-0.39, 0.29) is 10.6 Å². The molecule has 1 aromatic carbocycles. The zero-order chi connectivity index (χ0) is 12.1. The molecule has 0 aliphatic carbocycles. The lowest BCUT2D eigenvalue weighted by molar-refractivity contribution is -0.384. The summed E-state index contributed by atoms with van der Waals surface area (Å²) in [6.45, 7) is 3.37. The van der Waals surface area contributed by atoms with Crippen molar-refractivity contribution in [1.29, 1.82) is 0 Å². The summed E-state index contributed by atoms with van der Waals surface area (Å²) in [6.07, 6.45) is 4.82. The van der Waals surface area contributed by atoms with Crippen molar-refractivity contribution >= 4 is 5.69 Å². The van der Waals surface area contributed by atoms with Gasteiger partial charge in [0.2, 0.25) is 0 Å². The first kappa shape index (κ1) is 12.0.